The van der Waals surface area contributed by atoms with Gasteiger partial charge in [-0.05, 0) is 31.9 Å². The van der Waals surface area contributed by atoms with Crippen molar-refractivity contribution in [2.24, 2.45) is 0 Å². The Morgan fingerprint density at radius 3 is 2.50 bits per heavy atom. The lowest BCUT2D eigenvalue weighted by Gasteiger charge is -2.02. The van der Waals surface area contributed by atoms with Crippen molar-refractivity contribution in [1.82, 2.24) is 4.98 Å². The summed E-state index contributed by atoms with van der Waals surface area (Å²) in [6.07, 6.45) is -2.84. The van der Waals surface area contributed by atoms with E-state index < -0.39 is 22.7 Å². The van der Waals surface area contributed by atoms with Crippen LogP contribution in [0.15, 0.2) is 15.1 Å². The van der Waals surface area contributed by atoms with Crippen LogP contribution in [0.1, 0.15) is 12.1 Å². The minimum atomic E-state index is -2.84. The van der Waals surface area contributed by atoms with Gasteiger partial charge in [0.05, 0.1) is 4.92 Å². The van der Waals surface area contributed by atoms with Crippen molar-refractivity contribution in [3.05, 3.63) is 31.0 Å². The van der Waals surface area contributed by atoms with Gasteiger partial charge in [0.2, 0.25) is 0 Å². The van der Waals surface area contributed by atoms with Gasteiger partial charge in [0.15, 0.2) is 0 Å². The standard InChI is InChI=1S/C6H2Br2F2N2O2/c7-4-3(12(13)14)1-2(6(9)10)11-5(4)8/h1,6H. The summed E-state index contributed by atoms with van der Waals surface area (Å²) in [5.41, 5.74) is -1.08. The first-order valence-electron chi connectivity index (χ1n) is 3.22. The Bertz CT molecular complexity index is 386. The molecule has 0 saturated heterocycles. The average molecular weight is 332 g/mol. The first-order valence-corrected chi connectivity index (χ1v) is 4.80. The fraction of sp³-hybridized carbons (Fsp3) is 0.167. The van der Waals surface area contributed by atoms with Crippen LogP contribution in [-0.2, 0) is 0 Å². The molecule has 4 nitrogen and oxygen atoms in total. The maximum absolute atomic E-state index is 12.2. The summed E-state index contributed by atoms with van der Waals surface area (Å²) < 4.78 is 24.4. The molecule has 0 spiro atoms. The number of nitro groups is 1. The van der Waals surface area contributed by atoms with Crippen LogP contribution in [-0.4, -0.2) is 9.91 Å². The van der Waals surface area contributed by atoms with Gasteiger partial charge in [-0.1, -0.05) is 0 Å². The predicted molar refractivity (Wildman–Crippen MR) is 51.2 cm³/mol. The average Bonchev–Trinajstić information content (AvgIpc) is 2.08. The molecule has 0 aromatic carbocycles. The molecule has 14 heavy (non-hydrogen) atoms. The van der Waals surface area contributed by atoms with E-state index >= 15 is 0 Å². The normalized spacial score (nSPS) is 10.6. The fourth-order valence-corrected chi connectivity index (χ4v) is 1.50. The van der Waals surface area contributed by atoms with Crippen molar-refractivity contribution in [2.75, 3.05) is 0 Å². The number of hydrogen-bond donors (Lipinski definition) is 0. The maximum atomic E-state index is 12.2. The summed E-state index contributed by atoms with van der Waals surface area (Å²) in [5.74, 6) is 0. The predicted octanol–water partition coefficient (Wildman–Crippen LogP) is 3.45. The molecule has 76 valence electrons. The van der Waals surface area contributed by atoms with Crippen molar-refractivity contribution >= 4 is 37.5 Å². The summed E-state index contributed by atoms with van der Waals surface area (Å²) >= 11 is 5.71. The third-order valence-electron chi connectivity index (χ3n) is 1.34. The van der Waals surface area contributed by atoms with Crippen molar-refractivity contribution in [3.8, 4) is 0 Å². The van der Waals surface area contributed by atoms with Gasteiger partial charge in [0.25, 0.3) is 12.1 Å². The molecule has 1 aromatic heterocycles. The fourth-order valence-electron chi connectivity index (χ4n) is 0.748. The molecule has 0 aliphatic heterocycles. The van der Waals surface area contributed by atoms with Crippen LogP contribution in [0.5, 0.6) is 0 Å². The van der Waals surface area contributed by atoms with Gasteiger partial charge in [0, 0.05) is 6.07 Å². The highest BCUT2D eigenvalue weighted by atomic mass is 79.9. The molecule has 1 heterocycles. The number of halogens is 4. The maximum Gasteiger partial charge on any atom is 0.288 e. The number of nitrogens with zero attached hydrogens (tertiary/aromatic N) is 2. The topological polar surface area (TPSA) is 56.0 Å². The largest absolute Gasteiger partial charge is 0.288 e. The zero-order valence-corrected chi connectivity index (χ0v) is 9.55. The third kappa shape index (κ3) is 2.24. The Labute approximate surface area is 93.7 Å². The van der Waals surface area contributed by atoms with E-state index in [1.54, 1.807) is 0 Å². The van der Waals surface area contributed by atoms with Gasteiger partial charge in [0.1, 0.15) is 14.8 Å². The summed E-state index contributed by atoms with van der Waals surface area (Å²) in [6.45, 7) is 0. The number of alkyl halides is 2. The molecule has 8 heteroatoms. The number of rotatable bonds is 2. The molecule has 1 rings (SSSR count). The Balaban J connectivity index is 3.35. The van der Waals surface area contributed by atoms with Crippen molar-refractivity contribution in [1.29, 1.82) is 0 Å². The lowest BCUT2D eigenvalue weighted by molar-refractivity contribution is -0.385. The highest BCUT2D eigenvalue weighted by Crippen LogP contribution is 2.33. The van der Waals surface area contributed by atoms with Crippen molar-refractivity contribution in [2.45, 2.75) is 6.43 Å². The van der Waals surface area contributed by atoms with E-state index in [4.69, 9.17) is 0 Å². The van der Waals surface area contributed by atoms with E-state index in [2.05, 4.69) is 36.8 Å². The number of pyridine rings is 1. The Hall–Kier alpha value is -0.630. The Morgan fingerprint density at radius 2 is 2.07 bits per heavy atom. The summed E-state index contributed by atoms with van der Waals surface area (Å²) in [7, 11) is 0. The van der Waals surface area contributed by atoms with E-state index in [0.29, 0.717) is 0 Å². The molecular weight excluding hydrogens is 330 g/mol. The second-order valence-electron chi connectivity index (χ2n) is 2.23. The van der Waals surface area contributed by atoms with E-state index in [1.165, 1.54) is 0 Å². The SMILES string of the molecule is O=[N+]([O-])c1cc(C(F)F)nc(Br)c1Br. The molecule has 0 atom stereocenters. The van der Waals surface area contributed by atoms with Gasteiger partial charge >= 0.3 is 0 Å². The Kier molecular flexibility index (Phi) is 3.48. The highest BCUT2D eigenvalue weighted by Gasteiger charge is 2.21. The zero-order chi connectivity index (χ0) is 10.9. The molecule has 0 aliphatic rings. The van der Waals surface area contributed by atoms with Crippen LogP contribution in [0.25, 0.3) is 0 Å². The third-order valence-corrected chi connectivity index (χ3v) is 3.23. The lowest BCUT2D eigenvalue weighted by atomic mass is 10.3. The summed E-state index contributed by atoms with van der Waals surface area (Å²) in [5, 5.41) is 10.4. The van der Waals surface area contributed by atoms with E-state index in [9.17, 15) is 18.9 Å². The molecule has 0 amide bonds. The van der Waals surface area contributed by atoms with Gasteiger partial charge in [-0.2, -0.15) is 0 Å². The summed E-state index contributed by atoms with van der Waals surface area (Å²) in [4.78, 5) is 13.1. The molecule has 0 bridgehead atoms. The van der Waals surface area contributed by atoms with Crippen molar-refractivity contribution in [3.63, 3.8) is 0 Å². The minimum Gasteiger partial charge on any atom is -0.258 e. The van der Waals surface area contributed by atoms with E-state index in [1.807, 2.05) is 0 Å². The van der Waals surface area contributed by atoms with Crippen molar-refractivity contribution < 1.29 is 13.7 Å². The van der Waals surface area contributed by atoms with Crippen LogP contribution in [0.2, 0.25) is 0 Å². The minimum absolute atomic E-state index is 0.0120. The quantitative estimate of drug-likeness (QED) is 0.474. The molecule has 0 N–H and O–H groups in total. The molecule has 1 aromatic rings. The van der Waals surface area contributed by atoms with E-state index in [-0.39, 0.29) is 9.08 Å². The smallest absolute Gasteiger partial charge is 0.258 e. The molecule has 0 unspecified atom stereocenters. The van der Waals surface area contributed by atoms with Crippen LogP contribution >= 0.6 is 31.9 Å². The molecule has 0 radical (unpaired) electrons. The molecule has 0 fully saturated rings. The van der Waals surface area contributed by atoms with Gasteiger partial charge in [-0.15, -0.1) is 0 Å². The van der Waals surface area contributed by atoms with Gasteiger partial charge in [-0.3, -0.25) is 10.1 Å². The van der Waals surface area contributed by atoms with Crippen LogP contribution in [0.4, 0.5) is 14.5 Å². The number of aromatic nitrogens is 1. The van der Waals surface area contributed by atoms with Crippen LogP contribution in [0, 0.1) is 10.1 Å². The molecule has 0 saturated carbocycles. The molecular formula is C6H2Br2F2N2O2. The Morgan fingerprint density at radius 1 is 1.50 bits per heavy atom. The van der Waals surface area contributed by atoms with Crippen LogP contribution in [0.3, 0.4) is 0 Å². The van der Waals surface area contributed by atoms with Gasteiger partial charge < -0.3 is 0 Å². The lowest BCUT2D eigenvalue weighted by Crippen LogP contribution is -1.97. The van der Waals surface area contributed by atoms with Gasteiger partial charge in [-0.25, -0.2) is 13.8 Å². The summed E-state index contributed by atoms with van der Waals surface area (Å²) in [6, 6.07) is 0.736. The van der Waals surface area contributed by atoms with E-state index in [0.717, 1.165) is 6.07 Å². The van der Waals surface area contributed by atoms with Crippen LogP contribution < -0.4 is 0 Å². The second kappa shape index (κ2) is 4.26. The monoisotopic (exact) mass is 330 g/mol. The first kappa shape index (κ1) is 11.4. The highest BCUT2D eigenvalue weighted by molar-refractivity contribution is 9.13. The second-order valence-corrected chi connectivity index (χ2v) is 3.77. The number of hydrogen-bond acceptors (Lipinski definition) is 3. The first-order chi connectivity index (χ1) is 6.43. The zero-order valence-electron chi connectivity index (χ0n) is 6.38. The molecule has 0 aliphatic carbocycles.